The zero-order chi connectivity index (χ0) is 19.1. The Bertz CT molecular complexity index is 597. The number of hydrogen-bond acceptors (Lipinski definition) is 3. The lowest BCUT2D eigenvalue weighted by atomic mass is 10.0. The van der Waals surface area contributed by atoms with E-state index in [1.807, 2.05) is 23.6 Å². The molecule has 3 amide bonds. The molecule has 7 heteroatoms. The first-order valence-corrected chi connectivity index (χ1v) is 9.58. The van der Waals surface area contributed by atoms with Gasteiger partial charge in [-0.1, -0.05) is 11.6 Å². The number of rotatable bonds is 6. The van der Waals surface area contributed by atoms with Gasteiger partial charge in [-0.2, -0.15) is 0 Å². The van der Waals surface area contributed by atoms with Crippen LogP contribution in [0.25, 0.3) is 0 Å². The van der Waals surface area contributed by atoms with Crippen molar-refractivity contribution in [1.82, 2.24) is 15.1 Å². The van der Waals surface area contributed by atoms with Crippen molar-refractivity contribution >= 4 is 23.5 Å². The molecule has 2 rings (SSSR count). The summed E-state index contributed by atoms with van der Waals surface area (Å²) in [6.07, 6.45) is 0.922. The summed E-state index contributed by atoms with van der Waals surface area (Å²) in [5.41, 5.74) is 0. The Labute approximate surface area is 160 Å². The largest absolute Gasteiger partial charge is 0.481 e. The van der Waals surface area contributed by atoms with E-state index >= 15 is 0 Å². The fourth-order valence-corrected chi connectivity index (χ4v) is 3.12. The van der Waals surface area contributed by atoms with Crippen LogP contribution in [0, 0.1) is 0 Å². The number of nitrogens with zero attached hydrogens (tertiary/aromatic N) is 2. The average Bonchev–Trinajstić information content (AvgIpc) is 2.65. The van der Waals surface area contributed by atoms with E-state index in [1.54, 1.807) is 31.2 Å². The molecule has 0 aliphatic carbocycles. The van der Waals surface area contributed by atoms with Gasteiger partial charge in [0, 0.05) is 37.2 Å². The van der Waals surface area contributed by atoms with Crippen molar-refractivity contribution in [2.24, 2.45) is 0 Å². The van der Waals surface area contributed by atoms with Crippen molar-refractivity contribution in [3.8, 4) is 5.75 Å². The van der Waals surface area contributed by atoms with Crippen molar-refractivity contribution in [2.75, 3.05) is 26.2 Å². The average molecular weight is 382 g/mol. The third-order valence-corrected chi connectivity index (χ3v) is 4.89. The molecule has 1 aliphatic heterocycles. The molecule has 1 aliphatic rings. The van der Waals surface area contributed by atoms with E-state index in [1.165, 1.54) is 0 Å². The number of benzene rings is 1. The van der Waals surface area contributed by atoms with E-state index in [0.29, 0.717) is 37.0 Å². The molecule has 0 radical (unpaired) electrons. The predicted octanol–water partition coefficient (Wildman–Crippen LogP) is 3.15. The van der Waals surface area contributed by atoms with Crippen LogP contribution in [-0.4, -0.2) is 60.1 Å². The van der Waals surface area contributed by atoms with Gasteiger partial charge in [0.25, 0.3) is 5.91 Å². The molecule has 0 aromatic heterocycles. The van der Waals surface area contributed by atoms with E-state index in [2.05, 4.69) is 5.32 Å². The molecule has 1 saturated heterocycles. The summed E-state index contributed by atoms with van der Waals surface area (Å²) in [6, 6.07) is 7.08. The molecule has 1 heterocycles. The lowest BCUT2D eigenvalue weighted by Crippen LogP contribution is -2.52. The molecule has 0 saturated carbocycles. The summed E-state index contributed by atoms with van der Waals surface area (Å²) in [4.78, 5) is 28.4. The summed E-state index contributed by atoms with van der Waals surface area (Å²) in [5, 5.41) is 3.65. The highest BCUT2D eigenvalue weighted by Gasteiger charge is 2.27. The van der Waals surface area contributed by atoms with Crippen molar-refractivity contribution in [2.45, 2.75) is 45.8 Å². The third kappa shape index (κ3) is 5.53. The fraction of sp³-hybridized carbons (Fsp3) is 0.579. The summed E-state index contributed by atoms with van der Waals surface area (Å²) >= 11 is 5.85. The number of ether oxygens (including phenoxy) is 1. The summed E-state index contributed by atoms with van der Waals surface area (Å²) in [6.45, 7) is 8.44. The smallest absolute Gasteiger partial charge is 0.319 e. The summed E-state index contributed by atoms with van der Waals surface area (Å²) < 4.78 is 5.65. The van der Waals surface area contributed by atoms with Crippen LogP contribution in [0.4, 0.5) is 4.79 Å². The molecule has 6 nitrogen and oxygen atoms in total. The zero-order valence-corrected chi connectivity index (χ0v) is 16.5. The van der Waals surface area contributed by atoms with Gasteiger partial charge in [0.2, 0.25) is 0 Å². The molecule has 1 fully saturated rings. The van der Waals surface area contributed by atoms with Crippen molar-refractivity contribution in [3.63, 3.8) is 0 Å². The topological polar surface area (TPSA) is 61.9 Å². The number of likely N-dealkylation sites (tertiary alicyclic amines) is 1. The monoisotopic (exact) mass is 381 g/mol. The van der Waals surface area contributed by atoms with Gasteiger partial charge in [-0.15, -0.1) is 0 Å². The summed E-state index contributed by atoms with van der Waals surface area (Å²) in [5.74, 6) is 0.463. The minimum absolute atomic E-state index is 0.0690. The molecule has 0 spiro atoms. The van der Waals surface area contributed by atoms with Gasteiger partial charge < -0.3 is 19.9 Å². The number of halogens is 1. The Morgan fingerprint density at radius 2 is 1.81 bits per heavy atom. The van der Waals surface area contributed by atoms with Crippen molar-refractivity contribution in [1.29, 1.82) is 0 Å². The van der Waals surface area contributed by atoms with Crippen LogP contribution in [-0.2, 0) is 4.79 Å². The maximum atomic E-state index is 12.4. The Balaban J connectivity index is 1.78. The van der Waals surface area contributed by atoms with E-state index in [0.717, 1.165) is 12.8 Å². The van der Waals surface area contributed by atoms with Crippen LogP contribution in [0.3, 0.4) is 0 Å². The van der Waals surface area contributed by atoms with Gasteiger partial charge in [0.1, 0.15) is 5.75 Å². The first-order valence-electron chi connectivity index (χ1n) is 9.21. The number of nitrogens with one attached hydrogen (secondary N) is 1. The van der Waals surface area contributed by atoms with E-state index in [4.69, 9.17) is 16.3 Å². The Kier molecular flexibility index (Phi) is 7.57. The highest BCUT2D eigenvalue weighted by Crippen LogP contribution is 2.17. The molecule has 1 aromatic carbocycles. The lowest BCUT2D eigenvalue weighted by Gasteiger charge is -2.35. The first kappa shape index (κ1) is 20.4. The van der Waals surface area contributed by atoms with Crippen molar-refractivity contribution < 1.29 is 14.3 Å². The molecule has 1 N–H and O–H groups in total. The Hall–Kier alpha value is -1.95. The third-order valence-electron chi connectivity index (χ3n) is 4.64. The molecular weight excluding hydrogens is 354 g/mol. The second-order valence-electron chi connectivity index (χ2n) is 6.44. The quantitative estimate of drug-likeness (QED) is 0.823. The van der Waals surface area contributed by atoms with Gasteiger partial charge in [0.15, 0.2) is 6.10 Å². The maximum Gasteiger partial charge on any atom is 0.319 e. The minimum Gasteiger partial charge on any atom is -0.481 e. The van der Waals surface area contributed by atoms with Gasteiger partial charge >= 0.3 is 6.03 Å². The van der Waals surface area contributed by atoms with E-state index in [9.17, 15) is 9.59 Å². The van der Waals surface area contributed by atoms with Crippen molar-refractivity contribution in [3.05, 3.63) is 29.3 Å². The first-order chi connectivity index (χ1) is 12.4. The number of amides is 3. The molecule has 26 heavy (non-hydrogen) atoms. The zero-order valence-electron chi connectivity index (χ0n) is 15.7. The van der Waals surface area contributed by atoms with Crippen LogP contribution in [0.15, 0.2) is 24.3 Å². The number of carbonyl (C=O) groups is 2. The predicted molar refractivity (Wildman–Crippen MR) is 103 cm³/mol. The molecule has 1 atom stereocenters. The Morgan fingerprint density at radius 3 is 2.35 bits per heavy atom. The fourth-order valence-electron chi connectivity index (χ4n) is 3.00. The molecule has 1 unspecified atom stereocenters. The highest BCUT2D eigenvalue weighted by atomic mass is 35.5. The number of piperidine rings is 1. The second-order valence-corrected chi connectivity index (χ2v) is 6.88. The second kappa shape index (κ2) is 9.67. The number of carbonyl (C=O) groups excluding carboxylic acids is 2. The van der Waals surface area contributed by atoms with Crippen LogP contribution >= 0.6 is 11.6 Å². The SMILES string of the molecule is CCN(CC)C(=O)N1CCC(NC(=O)C(C)Oc2ccc(Cl)cc2)CC1. The maximum absolute atomic E-state index is 12.4. The van der Waals surface area contributed by atoms with Gasteiger partial charge in [-0.05, 0) is 57.9 Å². The van der Waals surface area contributed by atoms with Gasteiger partial charge in [0.05, 0.1) is 0 Å². The van der Waals surface area contributed by atoms with Crippen LogP contribution in [0.2, 0.25) is 5.02 Å². The Morgan fingerprint density at radius 1 is 1.23 bits per heavy atom. The highest BCUT2D eigenvalue weighted by molar-refractivity contribution is 6.30. The lowest BCUT2D eigenvalue weighted by molar-refractivity contribution is -0.128. The summed E-state index contributed by atoms with van der Waals surface area (Å²) in [7, 11) is 0. The van der Waals surface area contributed by atoms with E-state index < -0.39 is 6.10 Å². The molecule has 0 bridgehead atoms. The van der Waals surface area contributed by atoms with Gasteiger partial charge in [-0.3, -0.25) is 4.79 Å². The molecule has 1 aromatic rings. The normalized spacial score (nSPS) is 16.1. The number of hydrogen-bond donors (Lipinski definition) is 1. The van der Waals surface area contributed by atoms with Gasteiger partial charge in [-0.25, -0.2) is 4.79 Å². The standard InChI is InChI=1S/C19H28ClN3O3/c1-4-22(5-2)19(25)23-12-10-16(11-13-23)21-18(24)14(3)26-17-8-6-15(20)7-9-17/h6-9,14,16H,4-5,10-13H2,1-3H3,(H,21,24). The molecular formula is C19H28ClN3O3. The van der Waals surface area contributed by atoms with E-state index in [-0.39, 0.29) is 18.0 Å². The van der Waals surface area contributed by atoms with Crippen LogP contribution in [0.5, 0.6) is 5.75 Å². The number of urea groups is 1. The van der Waals surface area contributed by atoms with Crippen LogP contribution in [0.1, 0.15) is 33.6 Å². The molecule has 144 valence electrons. The minimum atomic E-state index is -0.591. The van der Waals surface area contributed by atoms with Crippen LogP contribution < -0.4 is 10.1 Å².